The largest absolute Gasteiger partial charge is 0.492 e. The minimum atomic E-state index is -3.87. The lowest BCUT2D eigenvalue weighted by Crippen LogP contribution is -2.50. The average Bonchev–Trinajstić information content (AvgIpc) is 2.86. The van der Waals surface area contributed by atoms with Gasteiger partial charge in [-0.25, -0.2) is 16.8 Å². The van der Waals surface area contributed by atoms with Gasteiger partial charge in [-0.1, -0.05) is 36.5 Å². The number of hydrogen-bond donors (Lipinski definition) is 1. The van der Waals surface area contributed by atoms with Crippen molar-refractivity contribution in [3.8, 4) is 5.75 Å². The first kappa shape index (κ1) is 29.5. The second-order valence-corrected chi connectivity index (χ2v) is 13.3. The van der Waals surface area contributed by atoms with Gasteiger partial charge in [-0.2, -0.15) is 4.31 Å². The predicted molar refractivity (Wildman–Crippen MR) is 145 cm³/mol. The number of sulfonamides is 2. The van der Waals surface area contributed by atoms with Crippen LogP contribution < -0.4 is 14.4 Å². The van der Waals surface area contributed by atoms with Gasteiger partial charge in [-0.3, -0.25) is 9.10 Å². The summed E-state index contributed by atoms with van der Waals surface area (Å²) in [5.74, 6) is -0.0714. The van der Waals surface area contributed by atoms with Crippen LogP contribution >= 0.6 is 23.2 Å². The van der Waals surface area contributed by atoms with Gasteiger partial charge in [-0.15, -0.1) is 0 Å². The molecule has 1 amide bonds. The molecular formula is C24H31Cl2N3O6S2. The molecule has 0 radical (unpaired) electrons. The number of nitrogens with one attached hydrogen (secondary N) is 1. The van der Waals surface area contributed by atoms with Crippen molar-refractivity contribution in [1.82, 2.24) is 9.62 Å². The molecule has 9 nitrogen and oxygen atoms in total. The van der Waals surface area contributed by atoms with Crippen LogP contribution in [0.4, 0.5) is 5.69 Å². The van der Waals surface area contributed by atoms with Gasteiger partial charge in [0.25, 0.3) is 0 Å². The van der Waals surface area contributed by atoms with E-state index in [1.807, 2.05) is 0 Å². The zero-order valence-corrected chi connectivity index (χ0v) is 23.8. The molecule has 1 aliphatic heterocycles. The number of benzene rings is 2. The lowest BCUT2D eigenvalue weighted by atomic mass is 10.2. The summed E-state index contributed by atoms with van der Waals surface area (Å²) in [5, 5.41) is 3.12. The first-order chi connectivity index (χ1) is 17.4. The van der Waals surface area contributed by atoms with Gasteiger partial charge in [0.1, 0.15) is 18.4 Å². The van der Waals surface area contributed by atoms with Crippen molar-refractivity contribution in [2.24, 2.45) is 0 Å². The Balaban J connectivity index is 1.60. The number of nitrogens with zero attached hydrogens (tertiary/aromatic N) is 2. The Bertz CT molecular complexity index is 1300. The SMILES string of the molecule is CC[C@H](C(=O)NCCOc1ccc(S(=O)(=O)N2CCCCC2)cc1)N(c1cc(Cl)ccc1Cl)S(C)(=O)=O. The van der Waals surface area contributed by atoms with Gasteiger partial charge >= 0.3 is 0 Å². The Morgan fingerprint density at radius 1 is 1.05 bits per heavy atom. The lowest BCUT2D eigenvalue weighted by Gasteiger charge is -2.30. The van der Waals surface area contributed by atoms with Crippen LogP contribution in [0.5, 0.6) is 5.75 Å². The molecule has 0 aromatic heterocycles. The highest BCUT2D eigenvalue weighted by Crippen LogP contribution is 2.33. The highest BCUT2D eigenvalue weighted by atomic mass is 35.5. The minimum absolute atomic E-state index is 0.0944. The number of rotatable bonds is 11. The number of halogens is 2. The van der Waals surface area contributed by atoms with Crippen LogP contribution in [-0.4, -0.2) is 65.6 Å². The summed E-state index contributed by atoms with van der Waals surface area (Å²) >= 11 is 12.3. The molecule has 0 aliphatic carbocycles. The van der Waals surface area contributed by atoms with Gasteiger partial charge in [0, 0.05) is 18.1 Å². The summed E-state index contributed by atoms with van der Waals surface area (Å²) in [6, 6.07) is 9.50. The molecule has 1 N–H and O–H groups in total. The second-order valence-electron chi connectivity index (χ2n) is 8.65. The Kier molecular flexibility index (Phi) is 10.1. The Morgan fingerprint density at radius 3 is 2.30 bits per heavy atom. The van der Waals surface area contributed by atoms with E-state index in [1.54, 1.807) is 19.1 Å². The standard InChI is InChI=1S/C24H31Cl2N3O6S2/c1-3-22(29(36(2,31)32)23-17-18(25)7-12-21(23)26)24(30)27-13-16-35-19-8-10-20(11-9-19)37(33,34)28-14-5-4-6-15-28/h7-12,17,22H,3-6,13-16H2,1-2H3,(H,27,30)/t22-/m1/s1. The van der Waals surface area contributed by atoms with Gasteiger partial charge in [0.2, 0.25) is 26.0 Å². The van der Waals surface area contributed by atoms with Gasteiger partial charge in [0.15, 0.2) is 0 Å². The van der Waals surface area contributed by atoms with Crippen molar-refractivity contribution in [1.29, 1.82) is 0 Å². The summed E-state index contributed by atoms with van der Waals surface area (Å²) in [5.41, 5.74) is 0.120. The maximum Gasteiger partial charge on any atom is 0.244 e. The normalized spacial score (nSPS) is 15.7. The van der Waals surface area contributed by atoms with E-state index in [9.17, 15) is 21.6 Å². The molecule has 37 heavy (non-hydrogen) atoms. The first-order valence-corrected chi connectivity index (χ1v) is 15.9. The quantitative estimate of drug-likeness (QED) is 0.396. The van der Waals surface area contributed by atoms with Crippen molar-refractivity contribution < 1.29 is 26.4 Å². The maximum atomic E-state index is 12.9. The fraction of sp³-hybridized carbons (Fsp3) is 0.458. The second kappa shape index (κ2) is 12.7. The third kappa shape index (κ3) is 7.51. The van der Waals surface area contributed by atoms with Gasteiger partial charge < -0.3 is 10.1 Å². The van der Waals surface area contributed by atoms with Crippen LogP contribution in [0.1, 0.15) is 32.6 Å². The van der Waals surface area contributed by atoms with E-state index in [4.69, 9.17) is 27.9 Å². The molecule has 3 rings (SSSR count). The minimum Gasteiger partial charge on any atom is -0.492 e. The smallest absolute Gasteiger partial charge is 0.244 e. The van der Waals surface area contributed by atoms with Crippen molar-refractivity contribution in [2.45, 2.75) is 43.5 Å². The Morgan fingerprint density at radius 2 is 1.70 bits per heavy atom. The molecule has 1 fully saturated rings. The zero-order chi connectivity index (χ0) is 27.2. The number of piperidine rings is 1. The summed E-state index contributed by atoms with van der Waals surface area (Å²) in [4.78, 5) is 13.1. The molecule has 13 heteroatoms. The van der Waals surface area contributed by atoms with E-state index in [-0.39, 0.29) is 40.2 Å². The van der Waals surface area contributed by atoms with Crippen LogP contribution in [0, 0.1) is 0 Å². The van der Waals surface area contributed by atoms with Crippen LogP contribution in [0.2, 0.25) is 10.0 Å². The zero-order valence-electron chi connectivity index (χ0n) is 20.7. The molecule has 2 aromatic carbocycles. The summed E-state index contributed by atoms with van der Waals surface area (Å²) in [6.45, 7) is 2.94. The average molecular weight is 593 g/mol. The van der Waals surface area contributed by atoms with Crippen LogP contribution in [-0.2, 0) is 24.8 Å². The highest BCUT2D eigenvalue weighted by molar-refractivity contribution is 7.92. The van der Waals surface area contributed by atoms with Crippen LogP contribution in [0.15, 0.2) is 47.4 Å². The molecule has 1 saturated heterocycles. The van der Waals surface area contributed by atoms with E-state index < -0.39 is 32.0 Å². The molecule has 2 aromatic rings. The van der Waals surface area contributed by atoms with E-state index in [1.165, 1.54) is 34.6 Å². The Labute approximate surface area is 228 Å². The van der Waals surface area contributed by atoms with E-state index in [0.29, 0.717) is 18.8 Å². The molecule has 0 bridgehead atoms. The molecule has 204 valence electrons. The number of amides is 1. The number of hydrogen-bond acceptors (Lipinski definition) is 6. The van der Waals surface area contributed by atoms with Crippen molar-refractivity contribution in [3.05, 3.63) is 52.5 Å². The highest BCUT2D eigenvalue weighted by Gasteiger charge is 2.33. The van der Waals surface area contributed by atoms with Gasteiger partial charge in [0.05, 0.1) is 28.4 Å². The number of carbonyl (C=O) groups is 1. The molecule has 1 heterocycles. The molecule has 0 unspecified atom stereocenters. The van der Waals surface area contributed by atoms with E-state index in [0.717, 1.165) is 29.8 Å². The van der Waals surface area contributed by atoms with E-state index in [2.05, 4.69) is 5.32 Å². The van der Waals surface area contributed by atoms with Crippen LogP contribution in [0.25, 0.3) is 0 Å². The fourth-order valence-corrected chi connectivity index (χ4v) is 7.27. The Hall–Kier alpha value is -2.05. The van der Waals surface area contributed by atoms with Gasteiger partial charge in [-0.05, 0) is 61.7 Å². The summed E-state index contributed by atoms with van der Waals surface area (Å²) in [7, 11) is -7.39. The predicted octanol–water partition coefficient (Wildman–Crippen LogP) is 3.91. The molecular weight excluding hydrogens is 561 g/mol. The molecule has 0 spiro atoms. The number of ether oxygens (including phenoxy) is 1. The molecule has 0 saturated carbocycles. The lowest BCUT2D eigenvalue weighted by molar-refractivity contribution is -0.122. The first-order valence-electron chi connectivity index (χ1n) is 11.9. The van der Waals surface area contributed by atoms with E-state index >= 15 is 0 Å². The third-order valence-corrected chi connectivity index (χ3v) is 9.56. The van der Waals surface area contributed by atoms with Crippen molar-refractivity contribution >= 4 is 54.8 Å². The third-order valence-electron chi connectivity index (χ3n) is 5.92. The molecule has 1 atom stereocenters. The van der Waals surface area contributed by atoms with Crippen molar-refractivity contribution in [2.75, 3.05) is 36.8 Å². The summed E-state index contributed by atoms with van der Waals surface area (Å²) in [6.07, 6.45) is 3.95. The van der Waals surface area contributed by atoms with Crippen LogP contribution in [0.3, 0.4) is 0 Å². The van der Waals surface area contributed by atoms with Crippen molar-refractivity contribution in [3.63, 3.8) is 0 Å². The maximum absolute atomic E-state index is 12.9. The summed E-state index contributed by atoms with van der Waals surface area (Å²) < 4.78 is 58.8. The monoisotopic (exact) mass is 591 g/mol. The topological polar surface area (TPSA) is 113 Å². The number of carbonyl (C=O) groups excluding carboxylic acids is 1. The molecule has 1 aliphatic rings. The number of anilines is 1. The fourth-order valence-electron chi connectivity index (χ4n) is 4.11.